The Morgan fingerprint density at radius 2 is 0.873 bits per heavy atom. The molecule has 0 aliphatic heterocycles. The third-order valence-electron chi connectivity index (χ3n) is 12.2. The van der Waals surface area contributed by atoms with Gasteiger partial charge in [-0.3, -0.25) is 57.9 Å². The molecule has 0 rings (SSSR count). The number of carbonyl (C=O) groups excluding carboxylic acids is 10. The van der Waals surface area contributed by atoms with Crippen molar-refractivity contribution >= 4 is 71.0 Å². The molecule has 0 aromatic carbocycles. The Kier molecular flexibility index (Phi) is 33.3. The molecule has 27 nitrogen and oxygen atoms in total. The quantitative estimate of drug-likeness (QED) is 0.0134. The van der Waals surface area contributed by atoms with E-state index in [1.165, 1.54) is 12.2 Å². The van der Waals surface area contributed by atoms with Crippen LogP contribution < -0.4 is 82.7 Å². The first-order valence-electron chi connectivity index (χ1n) is 26.9. The summed E-state index contributed by atoms with van der Waals surface area (Å²) in [6, 6.07) is -11.1. The number of nitrogens with two attached hydrogens (primary N) is 7. The van der Waals surface area contributed by atoms with E-state index in [-0.39, 0.29) is 101 Å². The fraction of sp³-hybridized carbons (Fsp3) is 0.692. The number of primary amides is 2. The first-order chi connectivity index (χ1) is 36.8. The molecule has 2 unspecified atom stereocenters. The van der Waals surface area contributed by atoms with Crippen molar-refractivity contribution in [3.63, 3.8) is 0 Å². The van der Waals surface area contributed by atoms with Crippen molar-refractivity contribution in [3.05, 3.63) is 25.3 Å². The molecular weight excluding hydrogens is 1020 g/mol. The van der Waals surface area contributed by atoms with Crippen LogP contribution in [0.25, 0.3) is 0 Å². The molecular formula is C52H95N17O10. The monoisotopic (exact) mass is 1120 g/mol. The van der Waals surface area contributed by atoms with Gasteiger partial charge in [-0.25, -0.2) is 0 Å². The van der Waals surface area contributed by atoms with Gasteiger partial charge >= 0.3 is 0 Å². The Bertz CT molecular complexity index is 2120. The Morgan fingerprint density at radius 1 is 0.494 bits per heavy atom. The lowest BCUT2D eigenvalue weighted by atomic mass is 9.87. The molecule has 10 atom stereocenters. The minimum absolute atomic E-state index is 0.00729. The summed E-state index contributed by atoms with van der Waals surface area (Å²) in [6.07, 6.45) is 3.58. The van der Waals surface area contributed by atoms with E-state index in [0.29, 0.717) is 12.8 Å². The van der Waals surface area contributed by atoms with Crippen LogP contribution in [0.3, 0.4) is 0 Å². The number of amides is 10. The normalized spacial score (nSPS) is 15.0. The topological polar surface area (TPSA) is 474 Å². The Labute approximate surface area is 465 Å². The summed E-state index contributed by atoms with van der Waals surface area (Å²) in [5.74, 6) is -8.74. The molecule has 27 heteroatoms. The fourth-order valence-corrected chi connectivity index (χ4v) is 7.88. The molecule has 0 aliphatic rings. The molecule has 0 spiro atoms. The summed E-state index contributed by atoms with van der Waals surface area (Å²) >= 11 is 0. The fourth-order valence-electron chi connectivity index (χ4n) is 7.88. The van der Waals surface area contributed by atoms with E-state index < -0.39 is 125 Å². The highest BCUT2D eigenvalue weighted by atomic mass is 16.2. The lowest BCUT2D eigenvalue weighted by Gasteiger charge is -2.31. The van der Waals surface area contributed by atoms with Gasteiger partial charge in [-0.05, 0) is 87.4 Å². The van der Waals surface area contributed by atoms with Crippen LogP contribution in [-0.4, -0.2) is 138 Å². The maximum atomic E-state index is 14.4. The maximum Gasteiger partial charge on any atom is 0.243 e. The largest absolute Gasteiger partial charge is 0.370 e. The lowest BCUT2D eigenvalue weighted by Crippen LogP contribution is -2.61. The van der Waals surface area contributed by atoms with E-state index in [4.69, 9.17) is 40.1 Å². The molecule has 79 heavy (non-hydrogen) atoms. The van der Waals surface area contributed by atoms with E-state index in [0.717, 1.165) is 0 Å². The van der Waals surface area contributed by atoms with Gasteiger partial charge < -0.3 is 82.7 Å². The molecule has 22 N–H and O–H groups in total. The molecule has 0 saturated heterocycles. The highest BCUT2D eigenvalue weighted by molar-refractivity contribution is 5.98. The molecule has 0 aromatic rings. The molecule has 0 bridgehead atoms. The van der Waals surface area contributed by atoms with Crippen molar-refractivity contribution in [1.82, 2.24) is 42.5 Å². The van der Waals surface area contributed by atoms with Crippen LogP contribution in [0.2, 0.25) is 0 Å². The summed E-state index contributed by atoms with van der Waals surface area (Å²) in [7, 11) is 0. The number of rotatable bonds is 39. The smallest absolute Gasteiger partial charge is 0.243 e. The van der Waals surface area contributed by atoms with E-state index in [2.05, 4.69) is 65.7 Å². The molecule has 448 valence electrons. The van der Waals surface area contributed by atoms with Gasteiger partial charge in [0.05, 0.1) is 6.04 Å². The Morgan fingerprint density at radius 3 is 1.30 bits per heavy atom. The van der Waals surface area contributed by atoms with Crippen molar-refractivity contribution in [2.45, 2.75) is 194 Å². The van der Waals surface area contributed by atoms with Crippen LogP contribution in [-0.2, 0) is 47.9 Å². The van der Waals surface area contributed by atoms with Gasteiger partial charge in [-0.15, -0.1) is 13.2 Å². The number of aliphatic imine (C=N–C) groups is 2. The average molecular weight is 1120 g/mol. The molecule has 0 fully saturated rings. The molecule has 0 aliphatic carbocycles. The van der Waals surface area contributed by atoms with Gasteiger partial charge in [-0.1, -0.05) is 80.9 Å². The highest BCUT2D eigenvalue weighted by Crippen LogP contribution is 2.22. The second-order valence-electron chi connectivity index (χ2n) is 21.8. The predicted molar refractivity (Wildman–Crippen MR) is 303 cm³/mol. The van der Waals surface area contributed by atoms with Crippen molar-refractivity contribution in [2.75, 3.05) is 13.1 Å². The van der Waals surface area contributed by atoms with Crippen LogP contribution in [0.15, 0.2) is 35.3 Å². The molecule has 0 saturated carbocycles. The van der Waals surface area contributed by atoms with Gasteiger partial charge in [0.1, 0.15) is 48.3 Å². The van der Waals surface area contributed by atoms with Crippen molar-refractivity contribution in [2.24, 2.45) is 73.3 Å². The predicted octanol–water partition coefficient (Wildman–Crippen LogP) is -2.22. The minimum Gasteiger partial charge on any atom is -0.370 e. The summed E-state index contributed by atoms with van der Waals surface area (Å²) in [5, 5.41) is 21.4. The number of hydrogen-bond acceptors (Lipinski definition) is 13. The number of nitrogens with one attached hydrogen (secondary N) is 8. The third-order valence-corrected chi connectivity index (χ3v) is 12.2. The zero-order chi connectivity index (χ0) is 60.7. The van der Waals surface area contributed by atoms with Gasteiger partial charge in [0.2, 0.25) is 59.1 Å². The number of carbonyl (C=O) groups is 10. The van der Waals surface area contributed by atoms with Crippen LogP contribution in [0.1, 0.15) is 139 Å². The van der Waals surface area contributed by atoms with Crippen molar-refractivity contribution < 1.29 is 47.9 Å². The molecule has 0 radical (unpaired) electrons. The van der Waals surface area contributed by atoms with E-state index >= 15 is 0 Å². The van der Waals surface area contributed by atoms with Crippen LogP contribution in [0, 0.1) is 23.2 Å². The van der Waals surface area contributed by atoms with E-state index in [1.807, 2.05) is 34.6 Å². The van der Waals surface area contributed by atoms with Crippen molar-refractivity contribution in [3.8, 4) is 0 Å². The molecule has 0 heterocycles. The highest BCUT2D eigenvalue weighted by Gasteiger charge is 2.37. The second-order valence-corrected chi connectivity index (χ2v) is 21.8. The first kappa shape index (κ1) is 71.7. The summed E-state index contributed by atoms with van der Waals surface area (Å²) in [6.45, 7) is 24.0. The maximum absolute atomic E-state index is 14.4. The standard InChI is InChI=1S/C52H95N17O10/c1-12-17-33(64-47(77)37(26-29(6)7)67-49(79)40(30(8)14-3)69-45(75)34(18-13-2)63-42(72)31(53)19-15-23-60-50(56)57)43(73)65-35(20-16-24-61-51(58)59)44(74)68-38(27-52(9,10)11)48(78)66-36(25-28(4)5)46(76)62-32(41(55)71)21-22-39(54)70/h12-13,28-38,40H,1-2,14-27,53H2,3-11H3,(H2,54,70)(H2,55,71)(H,62,76)(H,63,72)(H,64,77)(H,65,73)(H,66,78)(H,67,79)(H,68,74)(H,69,75)(H4,56,57,60)(H4,58,59,61)/t30-,31-,32-,33?,34+,35-,36-,37-,38?,40-/m0/s1. The Balaban J connectivity index is 6.81. The SMILES string of the molecule is C=CCC(NC(=O)[C@H](CC(C)C)NC(=O)[C@@H](NC(=O)[C@@H](CC=C)NC(=O)[C@@H](N)CCCN=C(N)N)[C@@H](C)CC)C(=O)N[C@@H](CCCN=C(N)N)C(=O)NC(CC(C)(C)C)C(=O)N[C@@H](CC(C)C)C(=O)N[C@@H](CCC(N)=O)C(N)=O. The van der Waals surface area contributed by atoms with Crippen LogP contribution >= 0.6 is 0 Å². The molecule has 10 amide bonds. The van der Waals surface area contributed by atoms with Crippen LogP contribution in [0.5, 0.6) is 0 Å². The first-order valence-corrected chi connectivity index (χ1v) is 26.9. The third kappa shape index (κ3) is 30.4. The van der Waals surface area contributed by atoms with E-state index in [9.17, 15) is 47.9 Å². The van der Waals surface area contributed by atoms with Gasteiger partial charge in [-0.2, -0.15) is 0 Å². The number of nitrogens with zero attached hydrogens (tertiary/aromatic N) is 2. The van der Waals surface area contributed by atoms with Gasteiger partial charge in [0.25, 0.3) is 0 Å². The number of hydrogen-bond donors (Lipinski definition) is 15. The van der Waals surface area contributed by atoms with Gasteiger partial charge in [0, 0.05) is 19.5 Å². The number of guanidine groups is 2. The second kappa shape index (κ2) is 36.7. The lowest BCUT2D eigenvalue weighted by molar-refractivity contribution is -0.136. The van der Waals surface area contributed by atoms with Crippen molar-refractivity contribution in [1.29, 1.82) is 0 Å². The van der Waals surface area contributed by atoms with Crippen LogP contribution in [0.4, 0.5) is 0 Å². The minimum atomic E-state index is -1.36. The summed E-state index contributed by atoms with van der Waals surface area (Å²) in [4.78, 5) is 143. The average Bonchev–Trinajstić information content (AvgIpc) is 3.33. The molecule has 0 aromatic heterocycles. The zero-order valence-corrected chi connectivity index (χ0v) is 47.9. The zero-order valence-electron chi connectivity index (χ0n) is 47.9. The summed E-state index contributed by atoms with van der Waals surface area (Å²) in [5.41, 5.74) is 38.0. The van der Waals surface area contributed by atoms with Gasteiger partial charge in [0.15, 0.2) is 11.9 Å². The Hall–Kier alpha value is -7.32. The summed E-state index contributed by atoms with van der Waals surface area (Å²) < 4.78 is 0. The van der Waals surface area contributed by atoms with E-state index in [1.54, 1.807) is 27.7 Å².